The van der Waals surface area contributed by atoms with Gasteiger partial charge in [0.05, 0.1) is 38.9 Å². The highest BCUT2D eigenvalue weighted by molar-refractivity contribution is 9.10. The third-order valence-electron chi connectivity index (χ3n) is 7.09. The van der Waals surface area contributed by atoms with Gasteiger partial charge in [0, 0.05) is 45.5 Å². The molecule has 224 valence electrons. The van der Waals surface area contributed by atoms with Crippen molar-refractivity contribution in [1.29, 1.82) is 0 Å². The number of rotatable bonds is 12. The van der Waals surface area contributed by atoms with E-state index in [1.807, 2.05) is 82.2 Å². The highest BCUT2D eigenvalue weighted by atomic mass is 79.9. The molecule has 2 atom stereocenters. The second-order valence-corrected chi connectivity index (χ2v) is 11.7. The van der Waals surface area contributed by atoms with Crippen molar-refractivity contribution in [3.8, 4) is 23.4 Å². The SMILES string of the molecule is COc1nc2ccc(Br)cc2cc1C(c1ccnc(OC)c1OC)C(O)(CCN(C)C)c1cc(C)nc(OC(C)C)c1. The third-order valence-corrected chi connectivity index (χ3v) is 7.58. The van der Waals surface area contributed by atoms with E-state index in [2.05, 4.69) is 25.9 Å². The van der Waals surface area contributed by atoms with E-state index in [9.17, 15) is 5.11 Å². The minimum atomic E-state index is -1.51. The van der Waals surface area contributed by atoms with E-state index in [-0.39, 0.29) is 6.10 Å². The van der Waals surface area contributed by atoms with Crippen molar-refractivity contribution >= 4 is 26.8 Å². The first kappa shape index (κ1) is 31.5. The van der Waals surface area contributed by atoms with Crippen LogP contribution in [0.2, 0.25) is 0 Å². The predicted octanol–water partition coefficient (Wildman–Crippen LogP) is 5.88. The number of pyridine rings is 3. The summed E-state index contributed by atoms with van der Waals surface area (Å²) in [5.74, 6) is 0.812. The van der Waals surface area contributed by atoms with Gasteiger partial charge in [-0.1, -0.05) is 15.9 Å². The zero-order valence-corrected chi connectivity index (χ0v) is 27.0. The topological polar surface area (TPSA) is 99.1 Å². The molecule has 0 saturated carbocycles. The van der Waals surface area contributed by atoms with Crippen LogP contribution < -0.4 is 18.9 Å². The van der Waals surface area contributed by atoms with Gasteiger partial charge in [-0.2, -0.15) is 0 Å². The Balaban J connectivity index is 2.13. The highest BCUT2D eigenvalue weighted by Crippen LogP contribution is 2.51. The molecule has 3 aromatic heterocycles. The van der Waals surface area contributed by atoms with E-state index >= 15 is 0 Å². The number of hydrogen-bond donors (Lipinski definition) is 1. The van der Waals surface area contributed by atoms with E-state index in [0.29, 0.717) is 53.0 Å². The lowest BCUT2D eigenvalue weighted by atomic mass is 9.71. The van der Waals surface area contributed by atoms with Crippen LogP contribution in [0.4, 0.5) is 0 Å². The van der Waals surface area contributed by atoms with E-state index in [1.54, 1.807) is 27.5 Å². The van der Waals surface area contributed by atoms with Gasteiger partial charge >= 0.3 is 0 Å². The lowest BCUT2D eigenvalue weighted by Gasteiger charge is -2.39. The van der Waals surface area contributed by atoms with Crippen LogP contribution in [0.1, 0.15) is 48.6 Å². The average molecular weight is 640 g/mol. The van der Waals surface area contributed by atoms with Crippen LogP contribution in [-0.2, 0) is 5.60 Å². The van der Waals surface area contributed by atoms with Crippen LogP contribution in [0.5, 0.6) is 23.4 Å². The van der Waals surface area contributed by atoms with E-state index in [4.69, 9.17) is 23.9 Å². The number of ether oxygens (including phenoxy) is 4. The molecule has 0 aliphatic rings. The van der Waals surface area contributed by atoms with Crippen LogP contribution in [0, 0.1) is 6.92 Å². The minimum Gasteiger partial charge on any atom is -0.491 e. The van der Waals surface area contributed by atoms with Crippen molar-refractivity contribution in [2.45, 2.75) is 44.8 Å². The molecule has 4 aromatic rings. The summed E-state index contributed by atoms with van der Waals surface area (Å²) in [5, 5.41) is 14.1. The lowest BCUT2D eigenvalue weighted by molar-refractivity contribution is 0.00266. The maximum atomic E-state index is 13.2. The molecular formula is C32H39BrN4O5. The molecule has 0 spiro atoms. The van der Waals surface area contributed by atoms with Crippen LogP contribution in [0.15, 0.2) is 53.1 Å². The first-order chi connectivity index (χ1) is 20.0. The smallest absolute Gasteiger partial charge is 0.257 e. The number of nitrogens with zero attached hydrogens (tertiary/aromatic N) is 4. The molecule has 0 radical (unpaired) electrons. The summed E-state index contributed by atoms with van der Waals surface area (Å²) in [6.45, 7) is 6.36. The molecule has 2 unspecified atom stereocenters. The van der Waals surface area contributed by atoms with Crippen LogP contribution in [0.25, 0.3) is 10.9 Å². The number of hydrogen-bond acceptors (Lipinski definition) is 9. The van der Waals surface area contributed by atoms with E-state index in [0.717, 1.165) is 21.1 Å². The standard InChI is InChI=1S/C32H39BrN4O5/c1-19(2)42-27-18-22(15-20(3)35-27)32(38,12-14-37(4)5)28(24-11-13-34-31(41-8)29(24)39-6)25-17-21-16-23(33)9-10-26(21)36-30(25)40-7/h9-11,13,15-19,28,38H,12,14H2,1-8H3. The first-order valence-electron chi connectivity index (χ1n) is 13.7. The maximum Gasteiger partial charge on any atom is 0.257 e. The second kappa shape index (κ2) is 13.2. The fourth-order valence-electron chi connectivity index (χ4n) is 5.26. The molecule has 3 heterocycles. The van der Waals surface area contributed by atoms with Gasteiger partial charge in [0.25, 0.3) is 5.88 Å². The molecular weight excluding hydrogens is 600 g/mol. The number of aliphatic hydroxyl groups is 1. The van der Waals surface area contributed by atoms with Crippen molar-refractivity contribution in [2.75, 3.05) is 42.0 Å². The summed E-state index contributed by atoms with van der Waals surface area (Å²) in [6, 6.07) is 13.4. The number of halogens is 1. The van der Waals surface area contributed by atoms with Gasteiger partial charge in [-0.05, 0) is 83.2 Å². The molecule has 0 amide bonds. The van der Waals surface area contributed by atoms with Crippen molar-refractivity contribution in [2.24, 2.45) is 0 Å². The van der Waals surface area contributed by atoms with Gasteiger partial charge < -0.3 is 29.0 Å². The Bertz CT molecular complexity index is 1550. The largest absolute Gasteiger partial charge is 0.491 e. The number of benzene rings is 1. The summed E-state index contributed by atoms with van der Waals surface area (Å²) >= 11 is 3.59. The van der Waals surface area contributed by atoms with Crippen molar-refractivity contribution in [3.63, 3.8) is 0 Å². The normalized spacial score (nSPS) is 13.7. The Morgan fingerprint density at radius 3 is 2.31 bits per heavy atom. The van der Waals surface area contributed by atoms with Crippen molar-refractivity contribution < 1.29 is 24.1 Å². The van der Waals surface area contributed by atoms with Gasteiger partial charge in [-0.15, -0.1) is 0 Å². The van der Waals surface area contributed by atoms with Crippen LogP contribution in [0.3, 0.4) is 0 Å². The first-order valence-corrected chi connectivity index (χ1v) is 14.5. The molecule has 4 rings (SSSR count). The predicted molar refractivity (Wildman–Crippen MR) is 167 cm³/mol. The Morgan fingerprint density at radius 2 is 1.67 bits per heavy atom. The summed E-state index contributed by atoms with van der Waals surface area (Å²) < 4.78 is 24.3. The molecule has 42 heavy (non-hydrogen) atoms. The number of fused-ring (bicyclic) bond motifs is 1. The molecule has 9 nitrogen and oxygen atoms in total. The Hall–Kier alpha value is -3.47. The van der Waals surface area contributed by atoms with E-state index in [1.165, 1.54) is 0 Å². The summed E-state index contributed by atoms with van der Waals surface area (Å²) in [5.41, 5.74) is 1.96. The molecule has 0 bridgehead atoms. The molecule has 0 aliphatic heterocycles. The Kier molecular flexibility index (Phi) is 9.91. The fourth-order valence-corrected chi connectivity index (χ4v) is 5.64. The third kappa shape index (κ3) is 6.61. The maximum absolute atomic E-state index is 13.2. The number of methoxy groups -OCH3 is 3. The minimum absolute atomic E-state index is 0.0920. The molecule has 0 aliphatic carbocycles. The molecule has 0 saturated heterocycles. The zero-order chi connectivity index (χ0) is 30.6. The molecule has 10 heteroatoms. The summed E-state index contributed by atoms with van der Waals surface area (Å²) in [7, 11) is 8.65. The highest BCUT2D eigenvalue weighted by Gasteiger charge is 2.45. The number of aryl methyl sites for hydroxylation is 1. The van der Waals surface area contributed by atoms with Gasteiger partial charge in [-0.3, -0.25) is 0 Å². The van der Waals surface area contributed by atoms with Gasteiger partial charge in [0.1, 0.15) is 5.60 Å². The van der Waals surface area contributed by atoms with Crippen LogP contribution in [-0.4, -0.2) is 73.0 Å². The molecule has 1 N–H and O–H groups in total. The zero-order valence-electron chi connectivity index (χ0n) is 25.4. The van der Waals surface area contributed by atoms with Gasteiger partial charge in [0.2, 0.25) is 11.8 Å². The summed E-state index contributed by atoms with van der Waals surface area (Å²) in [6.07, 6.45) is 1.91. The average Bonchev–Trinajstić information content (AvgIpc) is 2.94. The quantitative estimate of drug-likeness (QED) is 0.204. The summed E-state index contributed by atoms with van der Waals surface area (Å²) in [4.78, 5) is 15.9. The Morgan fingerprint density at radius 1 is 0.929 bits per heavy atom. The Labute approximate surface area is 256 Å². The van der Waals surface area contributed by atoms with Gasteiger partial charge in [-0.25, -0.2) is 15.0 Å². The second-order valence-electron chi connectivity index (χ2n) is 10.8. The van der Waals surface area contributed by atoms with Crippen LogP contribution >= 0.6 is 15.9 Å². The lowest BCUT2D eigenvalue weighted by Crippen LogP contribution is -2.38. The monoisotopic (exact) mass is 638 g/mol. The van der Waals surface area contributed by atoms with Crippen molar-refractivity contribution in [1.82, 2.24) is 19.9 Å². The fraction of sp³-hybridized carbons (Fsp3) is 0.406. The van der Waals surface area contributed by atoms with E-state index < -0.39 is 11.5 Å². The van der Waals surface area contributed by atoms with Crippen molar-refractivity contribution in [3.05, 3.63) is 75.5 Å². The molecule has 0 fully saturated rings. The molecule has 1 aromatic carbocycles. The van der Waals surface area contributed by atoms with Gasteiger partial charge in [0.15, 0.2) is 5.75 Å². The number of aromatic nitrogens is 3.